The summed E-state index contributed by atoms with van der Waals surface area (Å²) in [6.07, 6.45) is 3.57. The Hall–Kier alpha value is -5.29. The van der Waals surface area contributed by atoms with Crippen LogP contribution in [0.3, 0.4) is 0 Å². The molecule has 5 heterocycles. The molecule has 1 unspecified atom stereocenters. The third kappa shape index (κ3) is 4.35. The van der Waals surface area contributed by atoms with E-state index >= 15 is 0 Å². The lowest BCUT2D eigenvalue weighted by atomic mass is 10.0. The lowest BCUT2D eigenvalue weighted by Gasteiger charge is -2.19. The highest BCUT2D eigenvalue weighted by molar-refractivity contribution is 7.85. The first-order chi connectivity index (χ1) is 21.3. The number of hydrogen-bond donors (Lipinski definition) is 1. The molecule has 11 heteroatoms. The van der Waals surface area contributed by atoms with Gasteiger partial charge in [0.05, 0.1) is 46.1 Å². The van der Waals surface area contributed by atoms with Gasteiger partial charge in [0.2, 0.25) is 5.88 Å². The zero-order valence-corrected chi connectivity index (χ0v) is 25.0. The monoisotopic (exact) mass is 607 g/mol. The topological polar surface area (TPSA) is 102 Å². The van der Waals surface area contributed by atoms with Gasteiger partial charge in [-0.2, -0.15) is 0 Å². The second-order valence-electron chi connectivity index (χ2n) is 10.3. The maximum atomic E-state index is 13.7. The number of halogens is 1. The minimum Gasteiger partial charge on any atom is -0.481 e. The molecule has 0 fully saturated rings. The van der Waals surface area contributed by atoms with Gasteiger partial charge >= 0.3 is 0 Å². The van der Waals surface area contributed by atoms with Gasteiger partial charge in [0.1, 0.15) is 28.1 Å². The van der Waals surface area contributed by atoms with Crippen LogP contribution in [-0.4, -0.2) is 51.9 Å². The van der Waals surface area contributed by atoms with Crippen LogP contribution in [0.4, 0.5) is 10.1 Å². The van der Waals surface area contributed by atoms with E-state index in [9.17, 15) is 13.4 Å². The number of furan rings is 1. The van der Waals surface area contributed by atoms with Crippen molar-refractivity contribution in [1.29, 1.82) is 0 Å². The Labute approximate surface area is 253 Å². The van der Waals surface area contributed by atoms with E-state index < -0.39 is 16.8 Å². The van der Waals surface area contributed by atoms with Crippen LogP contribution in [0.2, 0.25) is 0 Å². The maximum absolute atomic E-state index is 13.7. The van der Waals surface area contributed by atoms with Gasteiger partial charge < -0.3 is 18.9 Å². The molecule has 9 nitrogen and oxygen atoms in total. The van der Waals surface area contributed by atoms with E-state index in [-0.39, 0.29) is 5.91 Å². The van der Waals surface area contributed by atoms with Gasteiger partial charge in [0.25, 0.3) is 5.91 Å². The van der Waals surface area contributed by atoms with Gasteiger partial charge in [-0.1, -0.05) is 6.07 Å². The van der Waals surface area contributed by atoms with Crippen LogP contribution < -0.4 is 14.4 Å². The maximum Gasteiger partial charge on any atom is 0.255 e. The third-order valence-electron chi connectivity index (χ3n) is 7.82. The summed E-state index contributed by atoms with van der Waals surface area (Å²) in [6.45, 7) is 0. The standard InChI is InChI=1S/C33H26FN5O4S/c1-35-33(40)30-22-15-21(26(38(2)44(4)41)17-28(22)43-32(30)19-5-8-20(34)9-6-19)23-10-7-18-13-14-39-25-11-12-29(42-3)36-24(25)16-27(39)31(18)37-23/h5-17H,1-4H3,(H,35,40). The van der Waals surface area contributed by atoms with Crippen molar-refractivity contribution < 1.29 is 22.5 Å². The summed E-state index contributed by atoms with van der Waals surface area (Å²) in [5, 5.41) is 4.17. The number of carbonyl (C=O) groups excluding carboxylic acids is 1. The van der Waals surface area contributed by atoms with Gasteiger partial charge in [0, 0.05) is 60.6 Å². The van der Waals surface area contributed by atoms with Crippen LogP contribution in [0, 0.1) is 5.82 Å². The number of methoxy groups -OCH3 is 1. The first-order valence-electron chi connectivity index (χ1n) is 13.7. The highest BCUT2D eigenvalue weighted by Crippen LogP contribution is 2.41. The second kappa shape index (κ2) is 10.5. The van der Waals surface area contributed by atoms with Crippen LogP contribution in [-0.2, 0) is 11.0 Å². The molecule has 1 N–H and O–H groups in total. The number of amides is 1. The highest BCUT2D eigenvalue weighted by Gasteiger charge is 2.25. The minimum atomic E-state index is -1.38. The number of rotatable bonds is 6. The lowest BCUT2D eigenvalue weighted by Crippen LogP contribution is -2.20. The average molecular weight is 608 g/mol. The fraction of sp³-hybridized carbons (Fsp3) is 0.121. The van der Waals surface area contributed by atoms with E-state index in [4.69, 9.17) is 14.1 Å². The largest absolute Gasteiger partial charge is 0.481 e. The van der Waals surface area contributed by atoms with E-state index in [0.29, 0.717) is 50.7 Å². The van der Waals surface area contributed by atoms with Crippen LogP contribution in [0.1, 0.15) is 10.4 Å². The van der Waals surface area contributed by atoms with Gasteiger partial charge in [-0.3, -0.25) is 9.10 Å². The number of nitrogens with one attached hydrogen (secondary N) is 1. The molecule has 0 radical (unpaired) electrons. The minimum absolute atomic E-state index is 0.304. The predicted molar refractivity (Wildman–Crippen MR) is 171 cm³/mol. The van der Waals surface area contributed by atoms with Crippen molar-refractivity contribution in [2.75, 3.05) is 31.8 Å². The van der Waals surface area contributed by atoms with Crippen LogP contribution >= 0.6 is 0 Å². The van der Waals surface area contributed by atoms with Gasteiger partial charge in [-0.25, -0.2) is 18.6 Å². The van der Waals surface area contributed by atoms with E-state index in [0.717, 1.165) is 27.5 Å². The van der Waals surface area contributed by atoms with E-state index in [1.54, 1.807) is 50.0 Å². The summed E-state index contributed by atoms with van der Waals surface area (Å²) in [5.41, 5.74) is 6.45. The molecule has 0 spiro atoms. The molecule has 44 heavy (non-hydrogen) atoms. The van der Waals surface area contributed by atoms with Gasteiger partial charge in [-0.15, -0.1) is 0 Å². The molecule has 0 aliphatic rings. The van der Waals surface area contributed by atoms with Crippen molar-refractivity contribution >= 4 is 61.0 Å². The number of nitrogens with zero attached hydrogens (tertiary/aromatic N) is 4. The van der Waals surface area contributed by atoms with Crippen LogP contribution in [0.15, 0.2) is 83.4 Å². The zero-order valence-electron chi connectivity index (χ0n) is 24.2. The quantitative estimate of drug-likeness (QED) is 0.236. The summed E-state index contributed by atoms with van der Waals surface area (Å²) in [4.78, 5) is 22.9. The van der Waals surface area contributed by atoms with Crippen molar-refractivity contribution in [2.45, 2.75) is 0 Å². The molecular formula is C33H26FN5O4S. The Kier molecular flexibility index (Phi) is 6.54. The molecule has 7 rings (SSSR count). The van der Waals surface area contributed by atoms with Crippen molar-refractivity contribution in [1.82, 2.24) is 19.7 Å². The van der Waals surface area contributed by atoms with Crippen LogP contribution in [0.5, 0.6) is 5.88 Å². The Bertz CT molecular complexity index is 2290. The van der Waals surface area contributed by atoms with Crippen molar-refractivity contribution in [3.63, 3.8) is 0 Å². The Morgan fingerprint density at radius 1 is 1.02 bits per heavy atom. The first kappa shape index (κ1) is 27.5. The number of anilines is 1. The molecule has 1 atom stereocenters. The fourth-order valence-corrected chi connectivity index (χ4v) is 5.98. The van der Waals surface area contributed by atoms with Crippen molar-refractivity contribution in [3.05, 3.63) is 90.4 Å². The van der Waals surface area contributed by atoms with Crippen LogP contribution in [0.25, 0.3) is 61.0 Å². The third-order valence-corrected chi connectivity index (χ3v) is 8.79. The summed E-state index contributed by atoms with van der Waals surface area (Å²) < 4.78 is 41.7. The summed E-state index contributed by atoms with van der Waals surface area (Å²) in [5.74, 6) is 0.0705. The Balaban J connectivity index is 1.51. The lowest BCUT2D eigenvalue weighted by molar-refractivity contribution is 0.0964. The van der Waals surface area contributed by atoms with E-state index in [1.165, 1.54) is 12.1 Å². The van der Waals surface area contributed by atoms with Gasteiger partial charge in [-0.05, 0) is 54.6 Å². The molecule has 0 saturated carbocycles. The molecule has 7 aromatic rings. The molecule has 0 bridgehead atoms. The molecule has 2 aromatic carbocycles. The van der Waals surface area contributed by atoms with Crippen molar-refractivity contribution in [3.8, 4) is 28.5 Å². The number of ether oxygens (including phenoxy) is 1. The van der Waals surface area contributed by atoms with Crippen molar-refractivity contribution in [2.24, 2.45) is 0 Å². The Morgan fingerprint density at radius 3 is 2.55 bits per heavy atom. The SMILES string of the molecule is CNC(=O)c1c(-c2ccc(F)cc2)oc2cc(N(C)S(C)=O)c(-c3ccc4ccn5c6ccc(OC)nc6cc5c4n3)cc12. The molecular weight excluding hydrogens is 581 g/mol. The number of fused-ring (bicyclic) bond motifs is 6. The molecule has 1 amide bonds. The number of pyridine rings is 3. The molecule has 0 aliphatic carbocycles. The molecule has 5 aromatic heterocycles. The predicted octanol–water partition coefficient (Wildman–Crippen LogP) is 6.35. The van der Waals surface area contributed by atoms with Gasteiger partial charge in [0.15, 0.2) is 0 Å². The number of benzene rings is 2. The normalized spacial score (nSPS) is 12.3. The zero-order chi connectivity index (χ0) is 30.7. The molecule has 0 aliphatic heterocycles. The second-order valence-corrected chi connectivity index (χ2v) is 11.7. The van der Waals surface area contributed by atoms with E-state index in [2.05, 4.69) is 10.3 Å². The summed E-state index contributed by atoms with van der Waals surface area (Å²) >= 11 is 0. The van der Waals surface area contributed by atoms with E-state index in [1.807, 2.05) is 53.1 Å². The smallest absolute Gasteiger partial charge is 0.255 e. The molecule has 0 saturated heterocycles. The first-order valence-corrected chi connectivity index (χ1v) is 15.2. The number of hydrogen-bond acceptors (Lipinski definition) is 6. The summed E-state index contributed by atoms with van der Waals surface area (Å²) in [7, 11) is 3.47. The number of aromatic nitrogens is 3. The molecule has 220 valence electrons. The fourth-order valence-electron chi connectivity index (χ4n) is 5.55. The highest BCUT2D eigenvalue weighted by atomic mass is 32.2. The average Bonchev–Trinajstić information content (AvgIpc) is 3.61. The summed E-state index contributed by atoms with van der Waals surface area (Å²) in [6, 6.07) is 21.0. The Morgan fingerprint density at radius 2 is 1.82 bits per heavy atom. The number of carbonyl (C=O) groups is 1.